The van der Waals surface area contributed by atoms with Crippen LogP contribution in [0.5, 0.6) is 0 Å². The van der Waals surface area contributed by atoms with Crippen molar-refractivity contribution in [2.24, 2.45) is 4.99 Å². The molecule has 3 rings (SSSR count). The fourth-order valence-electron chi connectivity index (χ4n) is 1.81. The first kappa shape index (κ1) is 12.4. The van der Waals surface area contributed by atoms with E-state index in [4.69, 9.17) is 0 Å². The average Bonchev–Trinajstić information content (AvgIpc) is 3.05. The van der Waals surface area contributed by atoms with Crippen LogP contribution >= 0.6 is 23.1 Å². The number of thiophene rings is 1. The number of amides is 1. The Kier molecular flexibility index (Phi) is 3.66. The summed E-state index contributed by atoms with van der Waals surface area (Å²) in [6.45, 7) is 0.620. The highest BCUT2D eigenvalue weighted by atomic mass is 32.2. The smallest absolute Gasteiger partial charge is 0.239 e. The minimum atomic E-state index is 0.132. The van der Waals surface area contributed by atoms with Crippen LogP contribution in [-0.4, -0.2) is 21.7 Å². The average molecular weight is 288 g/mol. The monoisotopic (exact) mass is 288 g/mol. The molecular weight excluding hydrogens is 276 g/mol. The summed E-state index contributed by atoms with van der Waals surface area (Å²) < 4.78 is 0. The number of benzene rings is 1. The van der Waals surface area contributed by atoms with Crippen LogP contribution < -0.4 is 0 Å². The molecule has 96 valence electrons. The van der Waals surface area contributed by atoms with Gasteiger partial charge >= 0.3 is 0 Å². The Morgan fingerprint density at radius 3 is 2.74 bits per heavy atom. The second kappa shape index (κ2) is 5.59. The standard InChI is InChI=1S/C14H12N2OS2/c17-13-10-19-14(15-11-5-2-1-3-6-11)16(13)9-12-7-4-8-18-12/h1-8H,9-10H2. The molecule has 3 nitrogen and oxygen atoms in total. The number of para-hydroxylation sites is 1. The van der Waals surface area contributed by atoms with Crippen molar-refractivity contribution >= 4 is 39.9 Å². The summed E-state index contributed by atoms with van der Waals surface area (Å²) in [7, 11) is 0. The molecule has 1 amide bonds. The lowest BCUT2D eigenvalue weighted by Crippen LogP contribution is -2.28. The first-order chi connectivity index (χ1) is 9.33. The summed E-state index contributed by atoms with van der Waals surface area (Å²) in [5.41, 5.74) is 0.885. The number of hydrogen-bond acceptors (Lipinski definition) is 4. The Bertz CT molecular complexity index is 593. The molecular formula is C14H12N2OS2. The highest BCUT2D eigenvalue weighted by molar-refractivity contribution is 8.15. The van der Waals surface area contributed by atoms with Crippen LogP contribution in [0.15, 0.2) is 52.8 Å². The molecule has 2 heterocycles. The first-order valence-corrected chi connectivity index (χ1v) is 7.79. The van der Waals surface area contributed by atoms with Gasteiger partial charge in [-0.2, -0.15) is 0 Å². The number of nitrogens with zero attached hydrogens (tertiary/aromatic N) is 2. The lowest BCUT2D eigenvalue weighted by molar-refractivity contribution is -0.124. The predicted molar refractivity (Wildman–Crippen MR) is 80.9 cm³/mol. The van der Waals surface area contributed by atoms with Crippen LogP contribution in [0.4, 0.5) is 5.69 Å². The van der Waals surface area contributed by atoms with E-state index >= 15 is 0 Å². The van der Waals surface area contributed by atoms with Crippen molar-refractivity contribution < 1.29 is 4.79 Å². The van der Waals surface area contributed by atoms with Gasteiger partial charge in [0.1, 0.15) is 0 Å². The van der Waals surface area contributed by atoms with E-state index in [1.54, 1.807) is 16.2 Å². The lowest BCUT2D eigenvalue weighted by atomic mass is 10.3. The van der Waals surface area contributed by atoms with Gasteiger partial charge in [0.25, 0.3) is 0 Å². The van der Waals surface area contributed by atoms with Gasteiger partial charge in [-0.25, -0.2) is 4.99 Å². The Hall–Kier alpha value is -1.59. The molecule has 0 aliphatic carbocycles. The molecule has 1 aromatic carbocycles. The van der Waals surface area contributed by atoms with E-state index in [2.05, 4.69) is 4.99 Å². The van der Waals surface area contributed by atoms with Gasteiger partial charge in [-0.15, -0.1) is 11.3 Å². The van der Waals surface area contributed by atoms with Crippen LogP contribution in [0.3, 0.4) is 0 Å². The van der Waals surface area contributed by atoms with Crippen LogP contribution in [-0.2, 0) is 11.3 Å². The fraction of sp³-hybridized carbons (Fsp3) is 0.143. The SMILES string of the molecule is O=C1CSC(=Nc2ccccc2)N1Cc1cccs1. The second-order valence-electron chi connectivity index (χ2n) is 4.08. The number of aliphatic imine (C=N–C) groups is 1. The largest absolute Gasteiger partial charge is 0.285 e. The van der Waals surface area contributed by atoms with Crippen LogP contribution in [0.1, 0.15) is 4.88 Å². The molecule has 1 aliphatic rings. The van der Waals surface area contributed by atoms with Crippen LogP contribution in [0, 0.1) is 0 Å². The molecule has 0 radical (unpaired) electrons. The Labute approximate surface area is 120 Å². The minimum absolute atomic E-state index is 0.132. The number of hydrogen-bond donors (Lipinski definition) is 0. The maximum Gasteiger partial charge on any atom is 0.239 e. The Morgan fingerprint density at radius 1 is 1.16 bits per heavy atom. The highest BCUT2D eigenvalue weighted by Gasteiger charge is 2.28. The van der Waals surface area contributed by atoms with E-state index in [1.165, 1.54) is 16.6 Å². The zero-order valence-corrected chi connectivity index (χ0v) is 11.8. The summed E-state index contributed by atoms with van der Waals surface area (Å²) in [5, 5.41) is 2.82. The molecule has 1 fully saturated rings. The number of carbonyl (C=O) groups excluding carboxylic acids is 1. The molecule has 0 unspecified atom stereocenters. The van der Waals surface area contributed by atoms with Crippen LogP contribution in [0.2, 0.25) is 0 Å². The topological polar surface area (TPSA) is 32.7 Å². The summed E-state index contributed by atoms with van der Waals surface area (Å²) in [4.78, 5) is 19.4. The molecule has 1 aliphatic heterocycles. The van der Waals surface area contributed by atoms with Crippen molar-refractivity contribution in [1.29, 1.82) is 0 Å². The minimum Gasteiger partial charge on any atom is -0.285 e. The molecule has 0 saturated carbocycles. The number of thioether (sulfide) groups is 1. The van der Waals surface area contributed by atoms with Gasteiger partial charge in [-0.1, -0.05) is 36.0 Å². The molecule has 0 bridgehead atoms. The van der Waals surface area contributed by atoms with Gasteiger partial charge in [-0.05, 0) is 23.6 Å². The van der Waals surface area contributed by atoms with E-state index in [-0.39, 0.29) is 5.91 Å². The van der Waals surface area contributed by atoms with Crippen molar-refractivity contribution in [3.63, 3.8) is 0 Å². The zero-order chi connectivity index (χ0) is 13.1. The molecule has 1 aromatic heterocycles. The summed E-state index contributed by atoms with van der Waals surface area (Å²) in [6, 6.07) is 13.8. The molecule has 1 saturated heterocycles. The molecule has 0 N–H and O–H groups in total. The van der Waals surface area contributed by atoms with E-state index in [0.29, 0.717) is 12.3 Å². The summed E-state index contributed by atoms with van der Waals surface area (Å²) in [6.07, 6.45) is 0. The van der Waals surface area contributed by atoms with Gasteiger partial charge < -0.3 is 0 Å². The molecule has 5 heteroatoms. The van der Waals surface area contributed by atoms with Gasteiger partial charge in [-0.3, -0.25) is 9.69 Å². The number of rotatable bonds is 3. The summed E-state index contributed by atoms with van der Waals surface area (Å²) >= 11 is 3.17. The molecule has 2 aromatic rings. The highest BCUT2D eigenvalue weighted by Crippen LogP contribution is 2.26. The maximum absolute atomic E-state index is 11.9. The lowest BCUT2D eigenvalue weighted by Gasteiger charge is -2.14. The fourth-order valence-corrected chi connectivity index (χ4v) is 3.40. The van der Waals surface area contributed by atoms with Gasteiger partial charge in [0.05, 0.1) is 18.0 Å². The van der Waals surface area contributed by atoms with E-state index < -0.39 is 0 Å². The third kappa shape index (κ3) is 2.88. The van der Waals surface area contributed by atoms with Gasteiger partial charge in [0.2, 0.25) is 5.91 Å². The maximum atomic E-state index is 11.9. The molecule has 0 spiro atoms. The Balaban J connectivity index is 1.84. The second-order valence-corrected chi connectivity index (χ2v) is 6.05. The third-order valence-corrected chi connectivity index (χ3v) is 4.55. The van der Waals surface area contributed by atoms with Crippen LogP contribution in [0.25, 0.3) is 0 Å². The first-order valence-electron chi connectivity index (χ1n) is 5.92. The number of amidine groups is 1. The summed E-state index contributed by atoms with van der Waals surface area (Å²) in [5.74, 6) is 0.616. The van der Waals surface area contributed by atoms with E-state index in [9.17, 15) is 4.79 Å². The third-order valence-electron chi connectivity index (χ3n) is 2.73. The van der Waals surface area contributed by atoms with Gasteiger partial charge in [0, 0.05) is 4.88 Å². The van der Waals surface area contributed by atoms with E-state index in [0.717, 1.165) is 10.9 Å². The predicted octanol–water partition coefficient (Wildman–Crippen LogP) is 3.51. The zero-order valence-electron chi connectivity index (χ0n) is 10.2. The van der Waals surface area contributed by atoms with Crippen molar-refractivity contribution in [3.8, 4) is 0 Å². The quantitative estimate of drug-likeness (QED) is 0.865. The van der Waals surface area contributed by atoms with Crippen molar-refractivity contribution in [2.75, 3.05) is 5.75 Å². The van der Waals surface area contributed by atoms with Gasteiger partial charge in [0.15, 0.2) is 5.17 Å². The Morgan fingerprint density at radius 2 is 2.00 bits per heavy atom. The molecule has 19 heavy (non-hydrogen) atoms. The van der Waals surface area contributed by atoms with E-state index in [1.807, 2.05) is 47.8 Å². The normalized spacial score (nSPS) is 17.4. The number of carbonyl (C=O) groups is 1. The van der Waals surface area contributed by atoms with Crippen molar-refractivity contribution in [2.45, 2.75) is 6.54 Å². The van der Waals surface area contributed by atoms with Crippen molar-refractivity contribution in [1.82, 2.24) is 4.90 Å². The molecule has 0 atom stereocenters. The van der Waals surface area contributed by atoms with Crippen molar-refractivity contribution in [3.05, 3.63) is 52.7 Å².